The van der Waals surface area contributed by atoms with Gasteiger partial charge in [0.05, 0.1) is 0 Å². The van der Waals surface area contributed by atoms with Crippen molar-refractivity contribution in [2.75, 3.05) is 0 Å². The van der Waals surface area contributed by atoms with Gasteiger partial charge in [0.15, 0.2) is 6.10 Å². The summed E-state index contributed by atoms with van der Waals surface area (Å²) < 4.78 is 20.5. The molecule has 0 saturated carbocycles. The van der Waals surface area contributed by atoms with Crippen molar-refractivity contribution in [3.8, 4) is 0 Å². The Hall–Kier alpha value is -1.63. The monoisotopic (exact) mass is 274 g/mol. The summed E-state index contributed by atoms with van der Waals surface area (Å²) in [6, 6.07) is 0. The van der Waals surface area contributed by atoms with Crippen molar-refractivity contribution in [1.82, 2.24) is 0 Å². The molecule has 0 spiro atoms. The Kier molecular flexibility index (Phi) is 5.29. The average Bonchev–Trinajstić information content (AvgIpc) is 2.55. The highest BCUT2D eigenvalue weighted by molar-refractivity contribution is 5.68. The molecule has 1 fully saturated rings. The molecule has 0 aromatic carbocycles. The highest BCUT2D eigenvalue weighted by atomic mass is 16.7. The zero-order valence-corrected chi connectivity index (χ0v) is 11.4. The SMILES string of the molecule is CC[C@H]1OC(OC(C)=O)[C@H](OC(C)=O)[C@@H]1OC(C)=O. The van der Waals surface area contributed by atoms with E-state index in [9.17, 15) is 14.4 Å². The van der Waals surface area contributed by atoms with Crippen LogP contribution in [0.25, 0.3) is 0 Å². The minimum absolute atomic E-state index is 0.488. The van der Waals surface area contributed by atoms with Gasteiger partial charge in [0.2, 0.25) is 12.4 Å². The van der Waals surface area contributed by atoms with Crippen molar-refractivity contribution >= 4 is 17.9 Å². The van der Waals surface area contributed by atoms with Gasteiger partial charge in [-0.15, -0.1) is 0 Å². The number of esters is 3. The molecule has 7 heteroatoms. The zero-order chi connectivity index (χ0) is 14.6. The molecule has 0 bridgehead atoms. The molecule has 4 atom stereocenters. The first kappa shape index (κ1) is 15.4. The van der Waals surface area contributed by atoms with E-state index in [4.69, 9.17) is 18.9 Å². The Labute approximate surface area is 111 Å². The van der Waals surface area contributed by atoms with Crippen LogP contribution in [0.1, 0.15) is 34.1 Å². The van der Waals surface area contributed by atoms with Gasteiger partial charge in [-0.3, -0.25) is 14.4 Å². The summed E-state index contributed by atoms with van der Waals surface area (Å²) in [6.07, 6.45) is -2.76. The van der Waals surface area contributed by atoms with Crippen molar-refractivity contribution in [3.05, 3.63) is 0 Å². The van der Waals surface area contributed by atoms with Crippen LogP contribution in [0.3, 0.4) is 0 Å². The molecule has 0 aromatic heterocycles. The Bertz CT molecular complexity index is 365. The summed E-state index contributed by atoms with van der Waals surface area (Å²) in [5.41, 5.74) is 0. The van der Waals surface area contributed by atoms with Crippen molar-refractivity contribution < 1.29 is 33.3 Å². The zero-order valence-electron chi connectivity index (χ0n) is 11.4. The van der Waals surface area contributed by atoms with Crippen LogP contribution in [-0.4, -0.2) is 42.5 Å². The van der Waals surface area contributed by atoms with Crippen LogP contribution in [0.15, 0.2) is 0 Å². The minimum atomic E-state index is -1.06. The summed E-state index contributed by atoms with van der Waals surface area (Å²) in [7, 11) is 0. The summed E-state index contributed by atoms with van der Waals surface area (Å²) in [6.45, 7) is 5.50. The fourth-order valence-electron chi connectivity index (χ4n) is 1.93. The normalized spacial score (nSPS) is 29.7. The van der Waals surface area contributed by atoms with Gasteiger partial charge in [0, 0.05) is 20.8 Å². The summed E-state index contributed by atoms with van der Waals surface area (Å²) >= 11 is 0. The van der Waals surface area contributed by atoms with E-state index in [0.717, 1.165) is 0 Å². The van der Waals surface area contributed by atoms with Crippen molar-refractivity contribution in [1.29, 1.82) is 0 Å². The number of ether oxygens (including phenoxy) is 4. The average molecular weight is 274 g/mol. The van der Waals surface area contributed by atoms with Gasteiger partial charge < -0.3 is 18.9 Å². The van der Waals surface area contributed by atoms with E-state index in [1.165, 1.54) is 20.8 Å². The molecular weight excluding hydrogens is 256 g/mol. The Balaban J connectivity index is 2.90. The fourth-order valence-corrected chi connectivity index (χ4v) is 1.93. The minimum Gasteiger partial charge on any atom is -0.456 e. The topological polar surface area (TPSA) is 88.1 Å². The molecule has 1 aliphatic heterocycles. The van der Waals surface area contributed by atoms with Crippen molar-refractivity contribution in [2.45, 2.75) is 58.7 Å². The van der Waals surface area contributed by atoms with Crippen LogP contribution in [0.2, 0.25) is 0 Å². The molecule has 0 N–H and O–H groups in total. The maximum atomic E-state index is 11.1. The number of hydrogen-bond donors (Lipinski definition) is 0. The van der Waals surface area contributed by atoms with Crippen LogP contribution in [0, 0.1) is 0 Å². The van der Waals surface area contributed by atoms with E-state index in [1.54, 1.807) is 0 Å². The van der Waals surface area contributed by atoms with Gasteiger partial charge in [0.1, 0.15) is 6.10 Å². The second-order valence-corrected chi connectivity index (χ2v) is 4.21. The lowest BCUT2D eigenvalue weighted by Crippen LogP contribution is -2.40. The number of carbonyl (C=O) groups excluding carboxylic acids is 3. The van der Waals surface area contributed by atoms with Gasteiger partial charge in [-0.05, 0) is 6.42 Å². The Morgan fingerprint density at radius 2 is 1.37 bits per heavy atom. The summed E-state index contributed by atoms with van der Waals surface area (Å²) in [5.74, 6) is -1.66. The van der Waals surface area contributed by atoms with Crippen molar-refractivity contribution in [3.63, 3.8) is 0 Å². The number of rotatable bonds is 4. The van der Waals surface area contributed by atoms with Crippen LogP contribution in [0.5, 0.6) is 0 Å². The summed E-state index contributed by atoms with van der Waals surface area (Å²) in [5, 5.41) is 0. The van der Waals surface area contributed by atoms with E-state index >= 15 is 0 Å². The quantitative estimate of drug-likeness (QED) is 0.546. The predicted octanol–water partition coefficient (Wildman–Crippen LogP) is 0.548. The van der Waals surface area contributed by atoms with Crippen LogP contribution >= 0.6 is 0 Å². The standard InChI is InChI=1S/C12H18O7/c1-5-9-10(16-6(2)13)11(17-7(3)14)12(19-9)18-8(4)15/h9-12H,5H2,1-4H3/t9-,10-,11-,12?/m1/s1. The molecule has 1 rings (SSSR count). The van der Waals surface area contributed by atoms with Gasteiger partial charge in [0.25, 0.3) is 0 Å². The molecule has 0 aromatic rings. The maximum Gasteiger partial charge on any atom is 0.305 e. The molecule has 108 valence electrons. The first-order chi connectivity index (χ1) is 8.85. The largest absolute Gasteiger partial charge is 0.456 e. The summed E-state index contributed by atoms with van der Waals surface area (Å²) in [4.78, 5) is 33.2. The van der Waals surface area contributed by atoms with Gasteiger partial charge in [-0.25, -0.2) is 0 Å². The Morgan fingerprint density at radius 1 is 0.895 bits per heavy atom. The predicted molar refractivity (Wildman–Crippen MR) is 61.8 cm³/mol. The molecule has 1 aliphatic rings. The number of hydrogen-bond acceptors (Lipinski definition) is 7. The maximum absolute atomic E-state index is 11.1. The fraction of sp³-hybridized carbons (Fsp3) is 0.750. The van der Waals surface area contributed by atoms with E-state index in [0.29, 0.717) is 6.42 Å². The molecule has 1 unspecified atom stereocenters. The second kappa shape index (κ2) is 6.51. The third kappa shape index (κ3) is 4.20. The van der Waals surface area contributed by atoms with Crippen molar-refractivity contribution in [2.24, 2.45) is 0 Å². The molecule has 0 amide bonds. The van der Waals surface area contributed by atoms with E-state index < -0.39 is 42.5 Å². The molecular formula is C12H18O7. The molecule has 0 aliphatic carbocycles. The molecule has 1 heterocycles. The van der Waals surface area contributed by atoms with Crippen LogP contribution in [-0.2, 0) is 33.3 Å². The smallest absolute Gasteiger partial charge is 0.305 e. The number of carbonyl (C=O) groups is 3. The lowest BCUT2D eigenvalue weighted by Gasteiger charge is -2.22. The first-order valence-electron chi connectivity index (χ1n) is 6.02. The van der Waals surface area contributed by atoms with Gasteiger partial charge in [-0.2, -0.15) is 0 Å². The Morgan fingerprint density at radius 3 is 1.79 bits per heavy atom. The van der Waals surface area contributed by atoms with Gasteiger partial charge in [-0.1, -0.05) is 6.92 Å². The van der Waals surface area contributed by atoms with Crippen LogP contribution < -0.4 is 0 Å². The molecule has 7 nitrogen and oxygen atoms in total. The van der Waals surface area contributed by atoms with E-state index in [-0.39, 0.29) is 0 Å². The van der Waals surface area contributed by atoms with E-state index in [2.05, 4.69) is 0 Å². The third-order valence-electron chi connectivity index (χ3n) is 2.56. The van der Waals surface area contributed by atoms with Gasteiger partial charge >= 0.3 is 17.9 Å². The third-order valence-corrected chi connectivity index (χ3v) is 2.56. The second-order valence-electron chi connectivity index (χ2n) is 4.21. The van der Waals surface area contributed by atoms with Crippen LogP contribution in [0.4, 0.5) is 0 Å². The first-order valence-corrected chi connectivity index (χ1v) is 6.02. The lowest BCUT2D eigenvalue weighted by atomic mass is 10.1. The molecule has 1 saturated heterocycles. The highest BCUT2D eigenvalue weighted by Crippen LogP contribution is 2.29. The highest BCUT2D eigenvalue weighted by Gasteiger charge is 2.50. The lowest BCUT2D eigenvalue weighted by molar-refractivity contribution is -0.195. The van der Waals surface area contributed by atoms with E-state index in [1.807, 2.05) is 6.92 Å². The molecule has 19 heavy (non-hydrogen) atoms. The molecule has 0 radical (unpaired) electrons.